The number of rotatable bonds is 2. The number of aliphatic hydroxyl groups is 1. The molecule has 0 aromatic heterocycles. The summed E-state index contributed by atoms with van der Waals surface area (Å²) in [4.78, 5) is 13.7. The standard InChI is InChI=1S/C13H16FNO2.2C2H6/c14-11-3-1-10(2-4-11)9-13(17)15-7-5-12(16)6-8-15;2*1-2/h1-4,12,16H,5-9H2;2*1-2H3. The summed E-state index contributed by atoms with van der Waals surface area (Å²) in [5, 5.41) is 9.35. The van der Waals surface area contributed by atoms with Crippen molar-refractivity contribution in [3.8, 4) is 0 Å². The third kappa shape index (κ3) is 7.23. The average molecular weight is 297 g/mol. The van der Waals surface area contributed by atoms with Crippen LogP contribution in [0.2, 0.25) is 0 Å². The van der Waals surface area contributed by atoms with Crippen LogP contribution in [0.15, 0.2) is 24.3 Å². The van der Waals surface area contributed by atoms with E-state index < -0.39 is 0 Å². The zero-order valence-corrected chi connectivity index (χ0v) is 13.6. The van der Waals surface area contributed by atoms with E-state index in [1.54, 1.807) is 17.0 Å². The number of hydrogen-bond donors (Lipinski definition) is 1. The maximum atomic E-state index is 12.7. The van der Waals surface area contributed by atoms with E-state index in [0.717, 1.165) is 5.56 Å². The fourth-order valence-corrected chi connectivity index (χ4v) is 2.00. The summed E-state index contributed by atoms with van der Waals surface area (Å²) in [7, 11) is 0. The number of likely N-dealkylation sites (tertiary alicyclic amines) is 1. The second kappa shape index (κ2) is 11.3. The molecule has 1 N–H and O–H groups in total. The first-order valence-electron chi connectivity index (χ1n) is 7.85. The van der Waals surface area contributed by atoms with Crippen molar-refractivity contribution in [2.24, 2.45) is 0 Å². The molecule has 1 heterocycles. The van der Waals surface area contributed by atoms with Crippen molar-refractivity contribution in [3.05, 3.63) is 35.6 Å². The molecular formula is C17H28FNO2. The minimum atomic E-state index is -0.290. The molecule has 0 saturated carbocycles. The summed E-state index contributed by atoms with van der Waals surface area (Å²) in [6.07, 6.45) is 1.32. The van der Waals surface area contributed by atoms with Crippen molar-refractivity contribution < 1.29 is 14.3 Å². The topological polar surface area (TPSA) is 40.5 Å². The van der Waals surface area contributed by atoms with Gasteiger partial charge in [0, 0.05) is 13.1 Å². The van der Waals surface area contributed by atoms with Crippen LogP contribution in [0.25, 0.3) is 0 Å². The molecule has 0 spiro atoms. The molecule has 0 atom stereocenters. The number of amides is 1. The Kier molecular flexibility index (Phi) is 10.5. The maximum Gasteiger partial charge on any atom is 0.226 e. The Bertz CT molecular complexity index is 384. The van der Waals surface area contributed by atoms with Crippen molar-refractivity contribution in [2.75, 3.05) is 13.1 Å². The number of halogens is 1. The minimum Gasteiger partial charge on any atom is -0.393 e. The highest BCUT2D eigenvalue weighted by Crippen LogP contribution is 2.12. The first-order valence-corrected chi connectivity index (χ1v) is 7.85. The van der Waals surface area contributed by atoms with Gasteiger partial charge in [-0.25, -0.2) is 4.39 Å². The van der Waals surface area contributed by atoms with Gasteiger partial charge in [-0.05, 0) is 30.5 Å². The van der Waals surface area contributed by atoms with Gasteiger partial charge in [0.15, 0.2) is 0 Å². The first-order chi connectivity index (χ1) is 10.1. The second-order valence-electron chi connectivity index (χ2n) is 4.42. The van der Waals surface area contributed by atoms with Gasteiger partial charge in [-0.15, -0.1) is 0 Å². The number of aliphatic hydroxyl groups excluding tert-OH is 1. The normalized spacial score (nSPS) is 14.5. The van der Waals surface area contributed by atoms with E-state index in [1.807, 2.05) is 27.7 Å². The lowest BCUT2D eigenvalue weighted by molar-refractivity contribution is -0.132. The number of carbonyl (C=O) groups excluding carboxylic acids is 1. The Morgan fingerprint density at radius 2 is 1.62 bits per heavy atom. The molecule has 1 amide bonds. The molecular weight excluding hydrogens is 269 g/mol. The molecule has 0 bridgehead atoms. The molecule has 3 nitrogen and oxygen atoms in total. The zero-order chi connectivity index (χ0) is 16.3. The van der Waals surface area contributed by atoms with Gasteiger partial charge in [0.2, 0.25) is 5.91 Å². The molecule has 1 aliphatic rings. The van der Waals surface area contributed by atoms with Gasteiger partial charge in [0.1, 0.15) is 5.82 Å². The number of piperidine rings is 1. The monoisotopic (exact) mass is 297 g/mol. The number of hydrogen-bond acceptors (Lipinski definition) is 2. The lowest BCUT2D eigenvalue weighted by Gasteiger charge is -2.29. The Morgan fingerprint density at radius 3 is 2.10 bits per heavy atom. The van der Waals surface area contributed by atoms with Gasteiger partial charge >= 0.3 is 0 Å². The van der Waals surface area contributed by atoms with E-state index >= 15 is 0 Å². The van der Waals surface area contributed by atoms with Crippen LogP contribution in [-0.2, 0) is 11.2 Å². The summed E-state index contributed by atoms with van der Waals surface area (Å²) in [6.45, 7) is 9.22. The Hall–Kier alpha value is -1.42. The van der Waals surface area contributed by atoms with Crippen LogP contribution in [-0.4, -0.2) is 35.1 Å². The predicted octanol–water partition coefficient (Wildman–Crippen LogP) is 3.40. The quantitative estimate of drug-likeness (QED) is 0.909. The maximum absolute atomic E-state index is 12.7. The molecule has 120 valence electrons. The molecule has 1 aromatic carbocycles. The smallest absolute Gasteiger partial charge is 0.226 e. The molecule has 1 fully saturated rings. The van der Waals surface area contributed by atoms with Gasteiger partial charge in [-0.1, -0.05) is 39.8 Å². The molecule has 1 aliphatic heterocycles. The highest BCUT2D eigenvalue weighted by Gasteiger charge is 2.21. The molecule has 0 radical (unpaired) electrons. The van der Waals surface area contributed by atoms with Gasteiger partial charge in [-0.3, -0.25) is 4.79 Å². The number of benzene rings is 1. The van der Waals surface area contributed by atoms with Crippen molar-refractivity contribution in [1.29, 1.82) is 0 Å². The molecule has 1 saturated heterocycles. The molecule has 4 heteroatoms. The van der Waals surface area contributed by atoms with E-state index in [9.17, 15) is 14.3 Å². The van der Waals surface area contributed by atoms with Crippen LogP contribution in [0.5, 0.6) is 0 Å². The van der Waals surface area contributed by atoms with Crippen molar-refractivity contribution in [2.45, 2.75) is 53.1 Å². The summed E-state index contributed by atoms with van der Waals surface area (Å²) in [5.74, 6) is -0.245. The van der Waals surface area contributed by atoms with Gasteiger partial charge < -0.3 is 10.0 Å². The third-order valence-corrected chi connectivity index (χ3v) is 3.09. The highest BCUT2D eigenvalue weighted by atomic mass is 19.1. The van der Waals surface area contributed by atoms with Gasteiger partial charge in [0.25, 0.3) is 0 Å². The fraction of sp³-hybridized carbons (Fsp3) is 0.588. The van der Waals surface area contributed by atoms with Crippen molar-refractivity contribution in [1.82, 2.24) is 4.90 Å². The molecule has 1 aromatic rings. The summed E-state index contributed by atoms with van der Waals surface area (Å²) >= 11 is 0. The van der Waals surface area contributed by atoms with E-state index in [0.29, 0.717) is 32.4 Å². The van der Waals surface area contributed by atoms with Crippen molar-refractivity contribution in [3.63, 3.8) is 0 Å². The van der Waals surface area contributed by atoms with Crippen LogP contribution >= 0.6 is 0 Å². The molecule has 21 heavy (non-hydrogen) atoms. The first kappa shape index (κ1) is 19.6. The average Bonchev–Trinajstić information content (AvgIpc) is 2.54. The van der Waals surface area contributed by atoms with Gasteiger partial charge in [0.05, 0.1) is 12.5 Å². The van der Waals surface area contributed by atoms with E-state index in [4.69, 9.17) is 0 Å². The lowest BCUT2D eigenvalue weighted by Crippen LogP contribution is -2.40. The Labute approximate surface area is 127 Å². The lowest BCUT2D eigenvalue weighted by atomic mass is 10.1. The molecule has 2 rings (SSSR count). The van der Waals surface area contributed by atoms with E-state index in [1.165, 1.54) is 12.1 Å². The van der Waals surface area contributed by atoms with Crippen LogP contribution in [0.1, 0.15) is 46.1 Å². The number of carbonyl (C=O) groups is 1. The summed E-state index contributed by atoms with van der Waals surface area (Å²) < 4.78 is 12.7. The van der Waals surface area contributed by atoms with Crippen LogP contribution < -0.4 is 0 Å². The van der Waals surface area contributed by atoms with Crippen LogP contribution in [0.3, 0.4) is 0 Å². The van der Waals surface area contributed by atoms with Gasteiger partial charge in [-0.2, -0.15) is 0 Å². The van der Waals surface area contributed by atoms with E-state index in [-0.39, 0.29) is 17.8 Å². The SMILES string of the molecule is CC.CC.O=C(Cc1ccc(F)cc1)N1CCC(O)CC1. The molecule has 0 unspecified atom stereocenters. The summed E-state index contributed by atoms with van der Waals surface area (Å²) in [6, 6.07) is 5.99. The minimum absolute atomic E-state index is 0.0449. The van der Waals surface area contributed by atoms with E-state index in [2.05, 4.69) is 0 Å². The Morgan fingerprint density at radius 1 is 1.14 bits per heavy atom. The van der Waals surface area contributed by atoms with Crippen LogP contribution in [0.4, 0.5) is 4.39 Å². The highest BCUT2D eigenvalue weighted by molar-refractivity contribution is 5.78. The largest absolute Gasteiger partial charge is 0.393 e. The second-order valence-corrected chi connectivity index (χ2v) is 4.42. The third-order valence-electron chi connectivity index (χ3n) is 3.09. The summed E-state index contributed by atoms with van der Waals surface area (Å²) in [5.41, 5.74) is 0.822. The molecule has 0 aliphatic carbocycles. The zero-order valence-electron chi connectivity index (χ0n) is 13.6. The van der Waals surface area contributed by atoms with Crippen LogP contribution in [0, 0.1) is 5.82 Å². The van der Waals surface area contributed by atoms with Crippen molar-refractivity contribution >= 4 is 5.91 Å². The predicted molar refractivity (Wildman–Crippen MR) is 84.6 cm³/mol. The number of nitrogens with zero attached hydrogens (tertiary/aromatic N) is 1. The fourth-order valence-electron chi connectivity index (χ4n) is 2.00. The Balaban J connectivity index is 0.000000921.